The van der Waals surface area contributed by atoms with Crippen LogP contribution in [0.2, 0.25) is 0 Å². The Balaban J connectivity index is 2.11. The molecule has 3 heteroatoms. The lowest BCUT2D eigenvalue weighted by Crippen LogP contribution is -2.08. The highest BCUT2D eigenvalue weighted by molar-refractivity contribution is 5.54. The Morgan fingerprint density at radius 2 is 2.06 bits per heavy atom. The van der Waals surface area contributed by atoms with Crippen LogP contribution in [0.25, 0.3) is 0 Å². The molecule has 2 aromatic rings. The molecule has 0 amide bonds. The lowest BCUT2D eigenvalue weighted by molar-refractivity contribution is 0.839. The van der Waals surface area contributed by atoms with Gasteiger partial charge in [0.2, 0.25) is 0 Å². The summed E-state index contributed by atoms with van der Waals surface area (Å²) < 4.78 is 0. The number of anilines is 2. The second-order valence-corrected chi connectivity index (χ2v) is 3.75. The maximum absolute atomic E-state index is 5.72. The van der Waals surface area contributed by atoms with E-state index in [0.29, 0.717) is 0 Å². The summed E-state index contributed by atoms with van der Waals surface area (Å²) in [6.45, 7) is 2.07. The molecule has 82 valence electrons. The number of benzene rings is 1. The molecule has 1 atom stereocenters. The van der Waals surface area contributed by atoms with Gasteiger partial charge in [-0.1, -0.05) is 12.1 Å². The van der Waals surface area contributed by atoms with Crippen molar-refractivity contribution in [3.63, 3.8) is 0 Å². The molecule has 0 aliphatic heterocycles. The SMILES string of the molecule is CC(Nc1cccc(N)c1)c1ccccn1. The molecule has 0 spiro atoms. The van der Waals surface area contributed by atoms with E-state index in [9.17, 15) is 0 Å². The number of nitrogens with one attached hydrogen (secondary N) is 1. The second-order valence-electron chi connectivity index (χ2n) is 3.75. The summed E-state index contributed by atoms with van der Waals surface area (Å²) in [6.07, 6.45) is 1.80. The number of pyridine rings is 1. The average Bonchev–Trinajstić information content (AvgIpc) is 2.30. The molecule has 0 saturated heterocycles. The molecule has 0 saturated carbocycles. The minimum Gasteiger partial charge on any atom is -0.399 e. The topological polar surface area (TPSA) is 50.9 Å². The van der Waals surface area contributed by atoms with Gasteiger partial charge in [0, 0.05) is 17.6 Å². The average molecular weight is 213 g/mol. The maximum Gasteiger partial charge on any atom is 0.0657 e. The monoisotopic (exact) mass is 213 g/mol. The number of hydrogen-bond donors (Lipinski definition) is 2. The van der Waals surface area contributed by atoms with Gasteiger partial charge in [-0.25, -0.2) is 0 Å². The molecular formula is C13H15N3. The first-order valence-electron chi connectivity index (χ1n) is 5.29. The van der Waals surface area contributed by atoms with Gasteiger partial charge in [0.05, 0.1) is 11.7 Å². The molecule has 1 aromatic carbocycles. The number of hydrogen-bond acceptors (Lipinski definition) is 3. The summed E-state index contributed by atoms with van der Waals surface area (Å²) in [5, 5.41) is 3.36. The Bertz CT molecular complexity index is 454. The van der Waals surface area contributed by atoms with Crippen LogP contribution in [0.15, 0.2) is 48.7 Å². The molecule has 0 bridgehead atoms. The van der Waals surface area contributed by atoms with Crippen molar-refractivity contribution in [3.8, 4) is 0 Å². The zero-order chi connectivity index (χ0) is 11.4. The minimum atomic E-state index is 0.169. The Labute approximate surface area is 95.3 Å². The first-order valence-corrected chi connectivity index (χ1v) is 5.29. The van der Waals surface area contributed by atoms with Crippen LogP contribution >= 0.6 is 0 Å². The van der Waals surface area contributed by atoms with Crippen molar-refractivity contribution in [2.45, 2.75) is 13.0 Å². The molecule has 3 nitrogen and oxygen atoms in total. The fraction of sp³-hybridized carbons (Fsp3) is 0.154. The Hall–Kier alpha value is -2.03. The first kappa shape index (κ1) is 10.5. The molecule has 1 heterocycles. The van der Waals surface area contributed by atoms with Crippen LogP contribution in [0.5, 0.6) is 0 Å². The van der Waals surface area contributed by atoms with Crippen LogP contribution in [0, 0.1) is 0 Å². The number of nitrogen functional groups attached to an aromatic ring is 1. The third-order valence-electron chi connectivity index (χ3n) is 2.40. The van der Waals surface area contributed by atoms with Gasteiger partial charge in [0.1, 0.15) is 0 Å². The zero-order valence-corrected chi connectivity index (χ0v) is 9.22. The predicted molar refractivity (Wildman–Crippen MR) is 67.1 cm³/mol. The molecule has 3 N–H and O–H groups in total. The van der Waals surface area contributed by atoms with E-state index in [2.05, 4.69) is 17.2 Å². The molecule has 1 aromatic heterocycles. The van der Waals surface area contributed by atoms with Crippen LogP contribution in [0.4, 0.5) is 11.4 Å². The molecule has 2 rings (SSSR count). The highest BCUT2D eigenvalue weighted by Crippen LogP contribution is 2.18. The van der Waals surface area contributed by atoms with Crippen molar-refractivity contribution in [2.24, 2.45) is 0 Å². The van der Waals surface area contributed by atoms with Crippen LogP contribution in [-0.2, 0) is 0 Å². The Kier molecular flexibility index (Phi) is 3.05. The summed E-state index contributed by atoms with van der Waals surface area (Å²) in [5.41, 5.74) is 8.51. The van der Waals surface area contributed by atoms with Gasteiger partial charge in [-0.15, -0.1) is 0 Å². The van der Waals surface area contributed by atoms with Crippen molar-refractivity contribution in [3.05, 3.63) is 54.4 Å². The van der Waals surface area contributed by atoms with Gasteiger partial charge < -0.3 is 11.1 Å². The largest absolute Gasteiger partial charge is 0.399 e. The molecule has 0 fully saturated rings. The van der Waals surface area contributed by atoms with Crippen molar-refractivity contribution in [1.82, 2.24) is 4.98 Å². The maximum atomic E-state index is 5.72. The molecule has 16 heavy (non-hydrogen) atoms. The molecule has 0 radical (unpaired) electrons. The molecule has 1 unspecified atom stereocenters. The second kappa shape index (κ2) is 4.66. The van der Waals surface area contributed by atoms with Gasteiger partial charge in [-0.05, 0) is 37.3 Å². The summed E-state index contributed by atoms with van der Waals surface area (Å²) in [7, 11) is 0. The van der Waals surface area contributed by atoms with Gasteiger partial charge in [-0.3, -0.25) is 4.98 Å². The van der Waals surface area contributed by atoms with Crippen molar-refractivity contribution >= 4 is 11.4 Å². The first-order chi connectivity index (χ1) is 7.75. The lowest BCUT2D eigenvalue weighted by Gasteiger charge is -2.14. The quantitative estimate of drug-likeness (QED) is 0.771. The van der Waals surface area contributed by atoms with Gasteiger partial charge in [0.15, 0.2) is 0 Å². The van der Waals surface area contributed by atoms with E-state index in [1.165, 1.54) is 0 Å². The number of aromatic nitrogens is 1. The Morgan fingerprint density at radius 3 is 2.75 bits per heavy atom. The van der Waals surface area contributed by atoms with Gasteiger partial charge in [-0.2, -0.15) is 0 Å². The molecule has 0 aliphatic carbocycles. The number of nitrogens with two attached hydrogens (primary N) is 1. The predicted octanol–water partition coefficient (Wildman–Crippen LogP) is 2.84. The third-order valence-corrected chi connectivity index (χ3v) is 2.40. The minimum absolute atomic E-state index is 0.169. The normalized spacial score (nSPS) is 12.1. The number of nitrogens with zero attached hydrogens (tertiary/aromatic N) is 1. The van der Waals surface area contributed by atoms with Crippen LogP contribution in [0.1, 0.15) is 18.7 Å². The van der Waals surface area contributed by atoms with E-state index in [4.69, 9.17) is 5.73 Å². The van der Waals surface area contributed by atoms with E-state index < -0.39 is 0 Å². The van der Waals surface area contributed by atoms with Crippen LogP contribution in [-0.4, -0.2) is 4.98 Å². The van der Waals surface area contributed by atoms with E-state index >= 15 is 0 Å². The number of rotatable bonds is 3. The highest BCUT2D eigenvalue weighted by Gasteiger charge is 2.05. The summed E-state index contributed by atoms with van der Waals surface area (Å²) >= 11 is 0. The standard InChI is InChI=1S/C13H15N3/c1-10(13-7-2-3-8-15-13)16-12-6-4-5-11(14)9-12/h2-10,16H,14H2,1H3. The summed E-state index contributed by atoms with van der Waals surface area (Å²) in [4.78, 5) is 4.30. The molecular weight excluding hydrogens is 198 g/mol. The zero-order valence-electron chi connectivity index (χ0n) is 9.22. The molecule has 0 aliphatic rings. The summed E-state index contributed by atoms with van der Waals surface area (Å²) in [6, 6.07) is 13.8. The highest BCUT2D eigenvalue weighted by atomic mass is 14.9. The smallest absolute Gasteiger partial charge is 0.0657 e. The Morgan fingerprint density at radius 1 is 1.19 bits per heavy atom. The third kappa shape index (κ3) is 2.51. The van der Waals surface area contributed by atoms with E-state index in [0.717, 1.165) is 17.1 Å². The lowest BCUT2D eigenvalue weighted by atomic mass is 10.2. The van der Waals surface area contributed by atoms with Gasteiger partial charge in [0.25, 0.3) is 0 Å². The van der Waals surface area contributed by atoms with E-state index in [1.807, 2.05) is 42.5 Å². The van der Waals surface area contributed by atoms with Crippen molar-refractivity contribution < 1.29 is 0 Å². The van der Waals surface area contributed by atoms with Crippen molar-refractivity contribution in [1.29, 1.82) is 0 Å². The van der Waals surface area contributed by atoms with Crippen LogP contribution < -0.4 is 11.1 Å². The van der Waals surface area contributed by atoms with Crippen LogP contribution in [0.3, 0.4) is 0 Å². The summed E-state index contributed by atoms with van der Waals surface area (Å²) in [5.74, 6) is 0. The van der Waals surface area contributed by atoms with E-state index in [1.54, 1.807) is 6.20 Å². The fourth-order valence-electron chi connectivity index (χ4n) is 1.58. The van der Waals surface area contributed by atoms with Gasteiger partial charge >= 0.3 is 0 Å². The fourth-order valence-corrected chi connectivity index (χ4v) is 1.58. The van der Waals surface area contributed by atoms with Crippen molar-refractivity contribution in [2.75, 3.05) is 11.1 Å². The van der Waals surface area contributed by atoms with E-state index in [-0.39, 0.29) is 6.04 Å².